The van der Waals surface area contributed by atoms with Crippen molar-refractivity contribution in [1.29, 1.82) is 0 Å². The molecule has 0 saturated heterocycles. The van der Waals surface area contributed by atoms with Crippen molar-refractivity contribution in [2.75, 3.05) is 7.11 Å². The van der Waals surface area contributed by atoms with Crippen LogP contribution in [0.3, 0.4) is 0 Å². The number of carbonyl (C=O) groups excluding carboxylic acids is 2. The standard InChI is InChI=1S/C15H18N2O3/c1-10-4-6-12(7-5-10)9-17-15(19)13(11(2)16-17)8-14(18)20-3/h4-7,13H,8-9H2,1-3H3. The van der Waals surface area contributed by atoms with Gasteiger partial charge < -0.3 is 4.74 Å². The van der Waals surface area contributed by atoms with E-state index >= 15 is 0 Å². The highest BCUT2D eigenvalue weighted by atomic mass is 16.5. The summed E-state index contributed by atoms with van der Waals surface area (Å²) in [6, 6.07) is 7.94. The Morgan fingerprint density at radius 3 is 2.55 bits per heavy atom. The molecule has 1 aliphatic rings. The van der Waals surface area contributed by atoms with E-state index in [0.717, 1.165) is 5.56 Å². The van der Waals surface area contributed by atoms with E-state index in [2.05, 4.69) is 9.84 Å². The van der Waals surface area contributed by atoms with Crippen molar-refractivity contribution in [3.63, 3.8) is 0 Å². The van der Waals surface area contributed by atoms with E-state index in [9.17, 15) is 9.59 Å². The van der Waals surface area contributed by atoms with E-state index in [1.165, 1.54) is 17.7 Å². The van der Waals surface area contributed by atoms with Crippen LogP contribution in [0.25, 0.3) is 0 Å². The number of benzene rings is 1. The van der Waals surface area contributed by atoms with Crippen molar-refractivity contribution in [1.82, 2.24) is 5.01 Å². The highest BCUT2D eigenvalue weighted by Crippen LogP contribution is 2.21. The summed E-state index contributed by atoms with van der Waals surface area (Å²) < 4.78 is 4.61. The lowest BCUT2D eigenvalue weighted by Crippen LogP contribution is -2.28. The summed E-state index contributed by atoms with van der Waals surface area (Å²) in [5, 5.41) is 5.67. The topological polar surface area (TPSA) is 59.0 Å². The number of esters is 1. The predicted molar refractivity (Wildman–Crippen MR) is 75.0 cm³/mol. The molecule has 1 aromatic rings. The van der Waals surface area contributed by atoms with Crippen molar-refractivity contribution >= 4 is 17.6 Å². The lowest BCUT2D eigenvalue weighted by Gasteiger charge is -2.14. The van der Waals surface area contributed by atoms with Crippen LogP contribution in [0, 0.1) is 12.8 Å². The van der Waals surface area contributed by atoms with Crippen LogP contribution < -0.4 is 0 Å². The molecule has 1 atom stereocenters. The van der Waals surface area contributed by atoms with Gasteiger partial charge in [0.25, 0.3) is 5.91 Å². The minimum absolute atomic E-state index is 0.0507. The molecule has 1 aliphatic heterocycles. The summed E-state index contributed by atoms with van der Waals surface area (Å²) in [5.41, 5.74) is 2.84. The Labute approximate surface area is 118 Å². The molecular formula is C15H18N2O3. The maximum absolute atomic E-state index is 12.2. The van der Waals surface area contributed by atoms with Crippen LogP contribution >= 0.6 is 0 Å². The van der Waals surface area contributed by atoms with Gasteiger partial charge in [0.05, 0.1) is 26.0 Å². The average molecular weight is 274 g/mol. The fourth-order valence-corrected chi connectivity index (χ4v) is 2.13. The summed E-state index contributed by atoms with van der Waals surface area (Å²) in [5.74, 6) is -1.03. The number of ether oxygens (including phenoxy) is 1. The Morgan fingerprint density at radius 1 is 1.30 bits per heavy atom. The number of aryl methyl sites for hydroxylation is 1. The second-order valence-electron chi connectivity index (χ2n) is 4.96. The van der Waals surface area contributed by atoms with Gasteiger partial charge in [0.1, 0.15) is 0 Å². The lowest BCUT2D eigenvalue weighted by atomic mass is 10.0. The maximum Gasteiger partial charge on any atom is 0.306 e. The predicted octanol–water partition coefficient (Wildman–Crippen LogP) is 1.89. The van der Waals surface area contributed by atoms with Gasteiger partial charge in [-0.2, -0.15) is 5.10 Å². The molecule has 0 aromatic heterocycles. The quantitative estimate of drug-likeness (QED) is 0.788. The van der Waals surface area contributed by atoms with Gasteiger partial charge >= 0.3 is 5.97 Å². The van der Waals surface area contributed by atoms with Crippen LogP contribution in [0.15, 0.2) is 29.4 Å². The van der Waals surface area contributed by atoms with Crippen molar-refractivity contribution < 1.29 is 14.3 Å². The van der Waals surface area contributed by atoms with Crippen LogP contribution in [-0.2, 0) is 20.9 Å². The zero-order chi connectivity index (χ0) is 14.7. The lowest BCUT2D eigenvalue weighted by molar-refractivity contribution is -0.144. The Morgan fingerprint density at radius 2 is 1.95 bits per heavy atom. The van der Waals surface area contributed by atoms with E-state index in [1.54, 1.807) is 6.92 Å². The number of hydrogen-bond donors (Lipinski definition) is 0. The molecule has 5 nitrogen and oxygen atoms in total. The zero-order valence-corrected chi connectivity index (χ0v) is 11.9. The van der Waals surface area contributed by atoms with Crippen LogP contribution in [0.5, 0.6) is 0 Å². The van der Waals surface area contributed by atoms with Crippen LogP contribution in [-0.4, -0.2) is 29.7 Å². The molecule has 106 valence electrons. The molecule has 0 saturated carbocycles. The first kappa shape index (κ1) is 14.2. The van der Waals surface area contributed by atoms with Gasteiger partial charge in [0.2, 0.25) is 0 Å². The molecule has 0 spiro atoms. The minimum Gasteiger partial charge on any atom is -0.469 e. The summed E-state index contributed by atoms with van der Waals surface area (Å²) in [6.45, 7) is 4.20. The molecule has 1 heterocycles. The highest BCUT2D eigenvalue weighted by Gasteiger charge is 2.35. The smallest absolute Gasteiger partial charge is 0.306 e. The molecule has 0 bridgehead atoms. The first-order valence-electron chi connectivity index (χ1n) is 6.50. The Hall–Kier alpha value is -2.17. The summed E-state index contributed by atoms with van der Waals surface area (Å²) in [4.78, 5) is 23.6. The fourth-order valence-electron chi connectivity index (χ4n) is 2.13. The summed E-state index contributed by atoms with van der Waals surface area (Å²) >= 11 is 0. The van der Waals surface area contributed by atoms with Crippen LogP contribution in [0.4, 0.5) is 0 Å². The monoisotopic (exact) mass is 274 g/mol. The largest absolute Gasteiger partial charge is 0.469 e. The van der Waals surface area contributed by atoms with Crippen molar-refractivity contribution in [3.8, 4) is 0 Å². The number of nitrogens with zero attached hydrogens (tertiary/aromatic N) is 2. The van der Waals surface area contributed by atoms with Gasteiger partial charge in [0, 0.05) is 5.71 Å². The molecule has 0 radical (unpaired) electrons. The normalized spacial score (nSPS) is 18.1. The molecule has 1 unspecified atom stereocenters. The van der Waals surface area contributed by atoms with E-state index in [4.69, 9.17) is 0 Å². The zero-order valence-electron chi connectivity index (χ0n) is 11.9. The van der Waals surface area contributed by atoms with Gasteiger partial charge in [-0.05, 0) is 19.4 Å². The molecule has 0 fully saturated rings. The molecule has 5 heteroatoms. The van der Waals surface area contributed by atoms with Crippen LogP contribution in [0.2, 0.25) is 0 Å². The number of methoxy groups -OCH3 is 1. The number of rotatable bonds is 4. The van der Waals surface area contributed by atoms with E-state index < -0.39 is 11.9 Å². The number of hydrogen-bond acceptors (Lipinski definition) is 4. The summed E-state index contributed by atoms with van der Waals surface area (Å²) in [7, 11) is 1.32. The van der Waals surface area contributed by atoms with Gasteiger partial charge in [-0.15, -0.1) is 0 Å². The summed E-state index contributed by atoms with van der Waals surface area (Å²) in [6.07, 6.45) is 0.0507. The number of amides is 1. The van der Waals surface area contributed by atoms with E-state index in [0.29, 0.717) is 12.3 Å². The van der Waals surface area contributed by atoms with E-state index in [1.807, 2.05) is 31.2 Å². The van der Waals surface area contributed by atoms with Crippen LogP contribution in [0.1, 0.15) is 24.5 Å². The molecule has 0 aliphatic carbocycles. The number of hydrazone groups is 1. The molecule has 0 N–H and O–H groups in total. The first-order chi connectivity index (χ1) is 9.51. The average Bonchev–Trinajstić information content (AvgIpc) is 2.69. The van der Waals surface area contributed by atoms with Gasteiger partial charge in [-0.3, -0.25) is 9.59 Å². The Balaban J connectivity index is 2.06. The molecule has 2 rings (SSSR count). The highest BCUT2D eigenvalue weighted by molar-refractivity contribution is 6.08. The molecule has 1 aromatic carbocycles. The second kappa shape index (κ2) is 5.86. The molecule has 1 amide bonds. The second-order valence-corrected chi connectivity index (χ2v) is 4.96. The third-order valence-corrected chi connectivity index (χ3v) is 3.39. The SMILES string of the molecule is COC(=O)CC1C(=O)N(Cc2ccc(C)cc2)N=C1C. The minimum atomic E-state index is -0.493. The Kier molecular flexibility index (Phi) is 4.17. The van der Waals surface area contributed by atoms with Gasteiger partial charge in [-0.1, -0.05) is 29.8 Å². The molecule has 20 heavy (non-hydrogen) atoms. The molecular weight excluding hydrogens is 256 g/mol. The van der Waals surface area contributed by atoms with Gasteiger partial charge in [-0.25, -0.2) is 5.01 Å². The van der Waals surface area contributed by atoms with Crippen molar-refractivity contribution in [2.45, 2.75) is 26.8 Å². The first-order valence-corrected chi connectivity index (χ1v) is 6.50. The maximum atomic E-state index is 12.2. The third kappa shape index (κ3) is 3.04. The van der Waals surface area contributed by atoms with Gasteiger partial charge in [0.15, 0.2) is 0 Å². The van der Waals surface area contributed by atoms with E-state index in [-0.39, 0.29) is 12.3 Å². The Bertz CT molecular complexity index is 549. The van der Waals surface area contributed by atoms with Crippen molar-refractivity contribution in [2.24, 2.45) is 11.0 Å². The fraction of sp³-hybridized carbons (Fsp3) is 0.400. The number of carbonyl (C=O) groups is 2. The third-order valence-electron chi connectivity index (χ3n) is 3.39. The van der Waals surface area contributed by atoms with Crippen molar-refractivity contribution in [3.05, 3.63) is 35.4 Å².